The third kappa shape index (κ3) is 2.98. The van der Waals surface area contributed by atoms with Crippen LogP contribution in [0.15, 0.2) is 28.7 Å². The van der Waals surface area contributed by atoms with Crippen molar-refractivity contribution < 1.29 is 9.21 Å². The molecule has 2 heterocycles. The Morgan fingerprint density at radius 3 is 2.95 bits per heavy atom. The lowest BCUT2D eigenvalue weighted by Gasteiger charge is -2.37. The molecule has 0 amide bonds. The van der Waals surface area contributed by atoms with Crippen LogP contribution in [0.2, 0.25) is 5.02 Å². The summed E-state index contributed by atoms with van der Waals surface area (Å²) in [5.41, 5.74) is 0.594. The van der Waals surface area contributed by atoms with E-state index in [2.05, 4.69) is 23.9 Å². The lowest BCUT2D eigenvalue weighted by atomic mass is 10.0. The molecular formula is C16H19ClN2O2. The van der Waals surface area contributed by atoms with Crippen molar-refractivity contribution in [3.05, 3.63) is 35.0 Å². The summed E-state index contributed by atoms with van der Waals surface area (Å²) in [4.78, 5) is 17.0. The topological polar surface area (TPSA) is 36.7 Å². The van der Waals surface area contributed by atoms with Gasteiger partial charge in [-0.1, -0.05) is 23.7 Å². The third-order valence-corrected chi connectivity index (χ3v) is 4.47. The predicted molar refractivity (Wildman–Crippen MR) is 84.1 cm³/mol. The number of fused-ring (bicyclic) bond motifs is 1. The van der Waals surface area contributed by atoms with Gasteiger partial charge in [0.25, 0.3) is 0 Å². The summed E-state index contributed by atoms with van der Waals surface area (Å²) in [6.07, 6.45) is 0.471. The Kier molecular flexibility index (Phi) is 4.02. The minimum absolute atomic E-state index is 0.0365. The maximum absolute atomic E-state index is 12.5. The van der Waals surface area contributed by atoms with Gasteiger partial charge in [-0.3, -0.25) is 4.79 Å². The first-order valence-corrected chi connectivity index (χ1v) is 7.52. The number of halogens is 1. The maximum atomic E-state index is 12.5. The Hall–Kier alpha value is -1.36. The van der Waals surface area contributed by atoms with E-state index >= 15 is 0 Å². The number of carbonyl (C=O) groups is 1. The van der Waals surface area contributed by atoms with Crippen LogP contribution in [0.3, 0.4) is 0 Å². The van der Waals surface area contributed by atoms with Gasteiger partial charge in [-0.15, -0.1) is 0 Å². The number of furan rings is 1. The molecule has 0 saturated carbocycles. The molecule has 5 heteroatoms. The lowest BCUT2D eigenvalue weighted by Crippen LogP contribution is -2.50. The molecule has 0 N–H and O–H groups in total. The van der Waals surface area contributed by atoms with Crippen LogP contribution in [0.5, 0.6) is 0 Å². The number of benzene rings is 1. The average molecular weight is 307 g/mol. The van der Waals surface area contributed by atoms with E-state index in [1.165, 1.54) is 0 Å². The first-order chi connectivity index (χ1) is 10.0. The summed E-state index contributed by atoms with van der Waals surface area (Å²) in [6.45, 7) is 2.94. The standard InChI is InChI=1S/C16H19ClN2O2/c1-18-6-7-19(2)12(10-18)9-14(20)15-8-11-4-3-5-13(17)16(11)21-15/h3-5,8,12H,6-7,9-10H2,1-2H3. The average Bonchev–Trinajstić information content (AvgIpc) is 2.88. The van der Waals surface area contributed by atoms with Gasteiger partial charge >= 0.3 is 0 Å². The highest BCUT2D eigenvalue weighted by Crippen LogP contribution is 2.27. The van der Waals surface area contributed by atoms with Crippen LogP contribution in [0.1, 0.15) is 17.0 Å². The molecule has 1 atom stereocenters. The van der Waals surface area contributed by atoms with Gasteiger partial charge in [0.1, 0.15) is 0 Å². The Morgan fingerprint density at radius 2 is 2.19 bits per heavy atom. The number of ketones is 1. The smallest absolute Gasteiger partial charge is 0.199 e. The zero-order valence-corrected chi connectivity index (χ0v) is 13.1. The summed E-state index contributed by atoms with van der Waals surface area (Å²) in [7, 11) is 4.16. The molecule has 1 unspecified atom stereocenters. The zero-order chi connectivity index (χ0) is 15.0. The van der Waals surface area contributed by atoms with Crippen molar-refractivity contribution in [3.63, 3.8) is 0 Å². The highest BCUT2D eigenvalue weighted by molar-refractivity contribution is 6.34. The fourth-order valence-electron chi connectivity index (χ4n) is 2.80. The number of para-hydroxylation sites is 1. The van der Waals surface area contributed by atoms with Gasteiger partial charge in [-0.25, -0.2) is 0 Å². The van der Waals surface area contributed by atoms with E-state index in [9.17, 15) is 4.79 Å². The molecule has 1 saturated heterocycles. The summed E-state index contributed by atoms with van der Waals surface area (Å²) in [5.74, 6) is 0.439. The number of hydrogen-bond donors (Lipinski definition) is 0. The van der Waals surface area contributed by atoms with Gasteiger partial charge in [0.2, 0.25) is 0 Å². The van der Waals surface area contributed by atoms with E-state index in [4.69, 9.17) is 16.0 Å². The zero-order valence-electron chi connectivity index (χ0n) is 12.3. The number of nitrogens with zero attached hydrogens (tertiary/aromatic N) is 2. The Balaban J connectivity index is 1.79. The van der Waals surface area contributed by atoms with E-state index in [1.807, 2.05) is 12.1 Å². The van der Waals surface area contributed by atoms with Gasteiger partial charge in [0, 0.05) is 37.5 Å². The minimum atomic E-state index is 0.0365. The van der Waals surface area contributed by atoms with Crippen molar-refractivity contribution in [3.8, 4) is 0 Å². The van der Waals surface area contributed by atoms with Gasteiger partial charge in [0.05, 0.1) is 5.02 Å². The number of likely N-dealkylation sites (N-methyl/N-ethyl adjacent to an activating group) is 2. The van der Waals surface area contributed by atoms with Crippen LogP contribution in [0, 0.1) is 0 Å². The Morgan fingerprint density at radius 1 is 1.38 bits per heavy atom. The predicted octanol–water partition coefficient (Wildman–Crippen LogP) is 2.90. The molecule has 1 aromatic heterocycles. The van der Waals surface area contributed by atoms with Crippen molar-refractivity contribution in [2.75, 3.05) is 33.7 Å². The SMILES string of the molecule is CN1CCN(C)C(CC(=O)c2cc3cccc(Cl)c3o2)C1. The van der Waals surface area contributed by atoms with Crippen LogP contribution in [0.4, 0.5) is 0 Å². The van der Waals surface area contributed by atoms with Crippen LogP contribution in [0.25, 0.3) is 11.0 Å². The van der Waals surface area contributed by atoms with Crippen LogP contribution < -0.4 is 0 Å². The van der Waals surface area contributed by atoms with Gasteiger partial charge < -0.3 is 14.2 Å². The molecule has 21 heavy (non-hydrogen) atoms. The minimum Gasteiger partial charge on any atom is -0.451 e. The highest BCUT2D eigenvalue weighted by atomic mass is 35.5. The summed E-state index contributed by atoms with van der Waals surface area (Å²) < 4.78 is 5.65. The van der Waals surface area contributed by atoms with Crippen molar-refractivity contribution >= 4 is 28.4 Å². The molecular weight excluding hydrogens is 288 g/mol. The number of rotatable bonds is 3. The van der Waals surface area contributed by atoms with Gasteiger partial charge in [-0.2, -0.15) is 0 Å². The fourth-order valence-corrected chi connectivity index (χ4v) is 3.02. The van der Waals surface area contributed by atoms with Crippen molar-refractivity contribution in [1.82, 2.24) is 9.80 Å². The van der Waals surface area contributed by atoms with Crippen LogP contribution in [-0.2, 0) is 0 Å². The molecule has 0 radical (unpaired) electrons. The molecule has 1 aliphatic rings. The quantitative estimate of drug-likeness (QED) is 0.817. The van der Waals surface area contributed by atoms with Crippen molar-refractivity contribution in [2.24, 2.45) is 0 Å². The molecule has 0 spiro atoms. The number of hydrogen-bond acceptors (Lipinski definition) is 4. The molecule has 4 nitrogen and oxygen atoms in total. The molecule has 2 aromatic rings. The summed E-state index contributed by atoms with van der Waals surface area (Å²) in [5, 5.41) is 1.42. The molecule has 0 aliphatic carbocycles. The largest absolute Gasteiger partial charge is 0.451 e. The summed E-state index contributed by atoms with van der Waals surface area (Å²) in [6, 6.07) is 7.56. The lowest BCUT2D eigenvalue weighted by molar-refractivity contribution is 0.0789. The second kappa shape index (κ2) is 5.79. The third-order valence-electron chi connectivity index (χ3n) is 4.17. The van der Waals surface area contributed by atoms with E-state index in [-0.39, 0.29) is 11.8 Å². The van der Waals surface area contributed by atoms with Crippen molar-refractivity contribution in [1.29, 1.82) is 0 Å². The number of Topliss-reactive ketones (excluding diaryl/α,β-unsaturated/α-hetero) is 1. The number of carbonyl (C=O) groups excluding carboxylic acids is 1. The maximum Gasteiger partial charge on any atom is 0.199 e. The molecule has 112 valence electrons. The normalized spacial score (nSPS) is 21.0. The second-order valence-corrected chi connectivity index (χ2v) is 6.20. The van der Waals surface area contributed by atoms with E-state index in [1.54, 1.807) is 12.1 Å². The number of piperazine rings is 1. The fraction of sp³-hybridized carbons (Fsp3) is 0.438. The Labute approximate surface area is 129 Å². The van der Waals surface area contributed by atoms with Gasteiger partial charge in [0.15, 0.2) is 17.1 Å². The molecule has 1 aliphatic heterocycles. The van der Waals surface area contributed by atoms with E-state index in [0.717, 1.165) is 25.0 Å². The van der Waals surface area contributed by atoms with Crippen LogP contribution in [-0.4, -0.2) is 55.4 Å². The van der Waals surface area contributed by atoms with E-state index < -0.39 is 0 Å². The van der Waals surface area contributed by atoms with Gasteiger partial charge in [-0.05, 0) is 26.2 Å². The first-order valence-electron chi connectivity index (χ1n) is 7.14. The molecule has 0 bridgehead atoms. The van der Waals surface area contributed by atoms with Crippen molar-refractivity contribution in [2.45, 2.75) is 12.5 Å². The van der Waals surface area contributed by atoms with E-state index in [0.29, 0.717) is 22.8 Å². The molecule has 3 rings (SSSR count). The van der Waals surface area contributed by atoms with Crippen LogP contribution >= 0.6 is 11.6 Å². The monoisotopic (exact) mass is 306 g/mol. The molecule has 1 aromatic carbocycles. The first kappa shape index (κ1) is 14.6. The highest BCUT2D eigenvalue weighted by Gasteiger charge is 2.26. The summed E-state index contributed by atoms with van der Waals surface area (Å²) >= 11 is 6.09. The Bertz CT molecular complexity index is 667. The second-order valence-electron chi connectivity index (χ2n) is 5.79. The molecule has 1 fully saturated rings.